The zero-order valence-corrected chi connectivity index (χ0v) is 10.9. The largest absolute Gasteiger partial charge is 0.385 e. The standard InChI is InChI=1S/C15H22N2/c1-11(2)10-17-9-7-12-6-8-16-13-4-3-5-14(17)15(12)13/h3-5,11-12,16H,6-10H2,1-2H3. The molecular weight excluding hydrogens is 208 g/mol. The molecule has 0 radical (unpaired) electrons. The van der Waals surface area contributed by atoms with Crippen molar-refractivity contribution in [3.8, 4) is 0 Å². The molecule has 0 saturated heterocycles. The molecule has 0 amide bonds. The topological polar surface area (TPSA) is 15.3 Å². The number of hydrogen-bond acceptors (Lipinski definition) is 2. The third-order valence-corrected chi connectivity index (χ3v) is 3.97. The van der Waals surface area contributed by atoms with Crippen LogP contribution >= 0.6 is 0 Å². The van der Waals surface area contributed by atoms with Crippen LogP contribution in [0.2, 0.25) is 0 Å². The Morgan fingerprint density at radius 2 is 2.24 bits per heavy atom. The van der Waals surface area contributed by atoms with E-state index in [0.29, 0.717) is 0 Å². The number of rotatable bonds is 2. The second-order valence-electron chi connectivity index (χ2n) is 5.78. The van der Waals surface area contributed by atoms with Crippen molar-refractivity contribution in [3.05, 3.63) is 23.8 Å². The summed E-state index contributed by atoms with van der Waals surface area (Å²) in [7, 11) is 0. The van der Waals surface area contributed by atoms with Gasteiger partial charge in [-0.3, -0.25) is 0 Å². The summed E-state index contributed by atoms with van der Waals surface area (Å²) in [6, 6.07) is 6.74. The van der Waals surface area contributed by atoms with E-state index in [-0.39, 0.29) is 0 Å². The van der Waals surface area contributed by atoms with Gasteiger partial charge in [0.25, 0.3) is 0 Å². The van der Waals surface area contributed by atoms with Crippen molar-refractivity contribution in [2.45, 2.75) is 32.6 Å². The smallest absolute Gasteiger partial charge is 0.0422 e. The molecule has 1 atom stereocenters. The molecule has 0 fully saturated rings. The van der Waals surface area contributed by atoms with Crippen LogP contribution in [0, 0.1) is 5.92 Å². The van der Waals surface area contributed by atoms with Gasteiger partial charge in [0.1, 0.15) is 0 Å². The van der Waals surface area contributed by atoms with Crippen molar-refractivity contribution in [3.63, 3.8) is 0 Å². The number of hydrogen-bond donors (Lipinski definition) is 1. The lowest BCUT2D eigenvalue weighted by atomic mass is 9.83. The van der Waals surface area contributed by atoms with Crippen molar-refractivity contribution in [1.29, 1.82) is 0 Å². The highest BCUT2D eigenvalue weighted by Gasteiger charge is 2.29. The highest BCUT2D eigenvalue weighted by Crippen LogP contribution is 2.44. The van der Waals surface area contributed by atoms with Crippen LogP contribution in [0.1, 0.15) is 38.2 Å². The van der Waals surface area contributed by atoms with Crippen LogP contribution in [0.15, 0.2) is 18.2 Å². The highest BCUT2D eigenvalue weighted by atomic mass is 15.1. The molecule has 0 aliphatic carbocycles. The zero-order chi connectivity index (χ0) is 11.8. The van der Waals surface area contributed by atoms with Crippen LogP contribution in [0.4, 0.5) is 11.4 Å². The molecule has 0 bridgehead atoms. The highest BCUT2D eigenvalue weighted by molar-refractivity contribution is 5.70. The monoisotopic (exact) mass is 230 g/mol. The van der Waals surface area contributed by atoms with Crippen molar-refractivity contribution in [1.82, 2.24) is 0 Å². The number of benzene rings is 1. The maximum Gasteiger partial charge on any atom is 0.0422 e. The van der Waals surface area contributed by atoms with E-state index in [1.54, 1.807) is 5.56 Å². The van der Waals surface area contributed by atoms with E-state index in [2.05, 4.69) is 42.3 Å². The van der Waals surface area contributed by atoms with E-state index < -0.39 is 0 Å². The quantitative estimate of drug-likeness (QED) is 0.837. The average molecular weight is 230 g/mol. The SMILES string of the molecule is CC(C)CN1CCC2CCNc3cccc1c32. The van der Waals surface area contributed by atoms with E-state index in [1.807, 2.05) is 0 Å². The van der Waals surface area contributed by atoms with Gasteiger partial charge in [-0.05, 0) is 36.8 Å². The summed E-state index contributed by atoms with van der Waals surface area (Å²) in [5, 5.41) is 3.55. The lowest BCUT2D eigenvalue weighted by Gasteiger charge is -2.40. The number of nitrogens with one attached hydrogen (secondary N) is 1. The number of anilines is 2. The Hall–Kier alpha value is -1.18. The van der Waals surface area contributed by atoms with Crippen molar-refractivity contribution in [2.24, 2.45) is 5.92 Å². The molecule has 2 nitrogen and oxygen atoms in total. The summed E-state index contributed by atoms with van der Waals surface area (Å²) in [5.74, 6) is 1.53. The molecule has 17 heavy (non-hydrogen) atoms. The summed E-state index contributed by atoms with van der Waals surface area (Å²) in [5.41, 5.74) is 4.46. The normalized spacial score (nSPS) is 22.3. The first kappa shape index (κ1) is 10.9. The predicted octanol–water partition coefficient (Wildman–Crippen LogP) is 3.45. The minimum Gasteiger partial charge on any atom is -0.385 e. The van der Waals surface area contributed by atoms with E-state index in [0.717, 1.165) is 18.4 Å². The Morgan fingerprint density at radius 1 is 1.35 bits per heavy atom. The lowest BCUT2D eigenvalue weighted by Crippen LogP contribution is -2.36. The van der Waals surface area contributed by atoms with E-state index in [9.17, 15) is 0 Å². The Kier molecular flexibility index (Phi) is 2.73. The summed E-state index contributed by atoms with van der Waals surface area (Å²) in [6.07, 6.45) is 2.64. The minimum atomic E-state index is 0.735. The number of nitrogens with zero attached hydrogens (tertiary/aromatic N) is 1. The Bertz CT molecular complexity index is 411. The molecule has 0 aromatic heterocycles. The van der Waals surface area contributed by atoms with Gasteiger partial charge in [-0.15, -0.1) is 0 Å². The second-order valence-corrected chi connectivity index (χ2v) is 5.78. The van der Waals surface area contributed by atoms with Crippen LogP contribution in [-0.2, 0) is 0 Å². The van der Waals surface area contributed by atoms with Gasteiger partial charge in [-0.25, -0.2) is 0 Å². The van der Waals surface area contributed by atoms with Gasteiger partial charge in [0.15, 0.2) is 0 Å². The van der Waals surface area contributed by atoms with E-state index in [4.69, 9.17) is 0 Å². The molecule has 1 N–H and O–H groups in total. The summed E-state index contributed by atoms with van der Waals surface area (Å²) in [6.45, 7) is 8.17. The summed E-state index contributed by atoms with van der Waals surface area (Å²) < 4.78 is 0. The van der Waals surface area contributed by atoms with Gasteiger partial charge in [-0.2, -0.15) is 0 Å². The Morgan fingerprint density at radius 3 is 3.06 bits per heavy atom. The zero-order valence-electron chi connectivity index (χ0n) is 10.9. The van der Waals surface area contributed by atoms with Gasteiger partial charge >= 0.3 is 0 Å². The molecular formula is C15H22N2. The average Bonchev–Trinajstić information content (AvgIpc) is 2.33. The van der Waals surface area contributed by atoms with Crippen molar-refractivity contribution >= 4 is 11.4 Å². The molecule has 2 aliphatic rings. The molecule has 1 unspecified atom stereocenters. The van der Waals surface area contributed by atoms with Gasteiger partial charge in [-0.1, -0.05) is 19.9 Å². The molecule has 3 rings (SSSR count). The van der Waals surface area contributed by atoms with Gasteiger partial charge < -0.3 is 10.2 Å². The van der Waals surface area contributed by atoms with Crippen LogP contribution < -0.4 is 10.2 Å². The van der Waals surface area contributed by atoms with Crippen molar-refractivity contribution < 1.29 is 0 Å². The Balaban J connectivity index is 2.00. The van der Waals surface area contributed by atoms with Gasteiger partial charge in [0.2, 0.25) is 0 Å². The van der Waals surface area contributed by atoms with Crippen LogP contribution in [0.5, 0.6) is 0 Å². The first-order valence-electron chi connectivity index (χ1n) is 6.87. The fraction of sp³-hybridized carbons (Fsp3) is 0.600. The first-order chi connectivity index (χ1) is 8.25. The fourth-order valence-corrected chi connectivity index (χ4v) is 3.29. The predicted molar refractivity (Wildman–Crippen MR) is 74.0 cm³/mol. The maximum atomic E-state index is 3.55. The maximum absolute atomic E-state index is 3.55. The van der Waals surface area contributed by atoms with Gasteiger partial charge in [0, 0.05) is 36.6 Å². The van der Waals surface area contributed by atoms with E-state index >= 15 is 0 Å². The van der Waals surface area contributed by atoms with Crippen LogP contribution in [0.3, 0.4) is 0 Å². The molecule has 1 aromatic carbocycles. The second kappa shape index (κ2) is 4.25. The van der Waals surface area contributed by atoms with Crippen molar-refractivity contribution in [2.75, 3.05) is 29.9 Å². The lowest BCUT2D eigenvalue weighted by molar-refractivity contribution is 0.515. The Labute approximate surface area is 104 Å². The summed E-state index contributed by atoms with van der Waals surface area (Å²) in [4.78, 5) is 2.58. The van der Waals surface area contributed by atoms with Gasteiger partial charge in [0.05, 0.1) is 0 Å². The fourth-order valence-electron chi connectivity index (χ4n) is 3.29. The van der Waals surface area contributed by atoms with Crippen LogP contribution in [0.25, 0.3) is 0 Å². The van der Waals surface area contributed by atoms with E-state index in [1.165, 1.54) is 37.3 Å². The molecule has 92 valence electrons. The molecule has 2 heteroatoms. The van der Waals surface area contributed by atoms with Crippen LogP contribution in [-0.4, -0.2) is 19.6 Å². The summed E-state index contributed by atoms with van der Waals surface area (Å²) >= 11 is 0. The molecule has 0 spiro atoms. The molecule has 2 aliphatic heterocycles. The first-order valence-corrected chi connectivity index (χ1v) is 6.87. The third-order valence-electron chi connectivity index (χ3n) is 3.97. The molecule has 0 saturated carbocycles. The molecule has 2 heterocycles. The molecule has 1 aromatic rings. The third kappa shape index (κ3) is 1.90. The minimum absolute atomic E-state index is 0.735.